The molecule has 1 rings (SSSR count). The highest BCUT2D eigenvalue weighted by Gasteiger charge is 2.42. The van der Waals surface area contributed by atoms with E-state index < -0.39 is 24.0 Å². The molecule has 4 N–H and O–H groups in total. The number of hydrogen-bond donors (Lipinski definition) is 3. The van der Waals surface area contributed by atoms with E-state index in [1.165, 1.54) is 0 Å². The van der Waals surface area contributed by atoms with E-state index in [1.54, 1.807) is 7.11 Å². The average molecular weight is 440 g/mol. The van der Waals surface area contributed by atoms with Gasteiger partial charge in [-0.25, -0.2) is 9.59 Å². The van der Waals surface area contributed by atoms with E-state index in [0.717, 1.165) is 25.0 Å². The molecule has 1 saturated carbocycles. The van der Waals surface area contributed by atoms with Crippen LogP contribution in [0.15, 0.2) is 17.3 Å². The number of halogens is 3. The third-order valence-corrected chi connectivity index (χ3v) is 4.45. The van der Waals surface area contributed by atoms with E-state index >= 15 is 0 Å². The molecule has 0 aromatic rings. The first-order valence-corrected chi connectivity index (χ1v) is 9.70. The van der Waals surface area contributed by atoms with Gasteiger partial charge in [-0.3, -0.25) is 0 Å². The fraction of sp³-hybridized carbons (Fsp3) is 0.737. The summed E-state index contributed by atoms with van der Waals surface area (Å²) < 4.78 is 43.2. The fourth-order valence-electron chi connectivity index (χ4n) is 2.95. The molecule has 0 aliphatic heterocycles. The van der Waals surface area contributed by atoms with Crippen LogP contribution in [0.4, 0.5) is 13.2 Å². The second kappa shape index (κ2) is 15.7. The normalized spacial score (nSPS) is 19.8. The molecule has 0 atom stereocenters. The zero-order valence-electron chi connectivity index (χ0n) is 17.1. The molecule has 0 spiro atoms. The van der Waals surface area contributed by atoms with Gasteiger partial charge in [0.1, 0.15) is 6.61 Å². The number of alkyl halides is 3. The molecule has 0 amide bonds. The molecule has 1 fully saturated rings. The van der Waals surface area contributed by atoms with Gasteiger partial charge >= 0.3 is 18.1 Å². The Hall–Kier alpha value is -2.14. The minimum absolute atomic E-state index is 0.0962. The van der Waals surface area contributed by atoms with Gasteiger partial charge in [-0.15, -0.1) is 0 Å². The van der Waals surface area contributed by atoms with Crippen molar-refractivity contribution in [1.29, 1.82) is 0 Å². The van der Waals surface area contributed by atoms with Crippen LogP contribution in [0.5, 0.6) is 0 Å². The smallest absolute Gasteiger partial charge is 0.391 e. The molecule has 0 aromatic heterocycles. The van der Waals surface area contributed by atoms with Gasteiger partial charge in [-0.1, -0.05) is 5.16 Å². The maximum absolute atomic E-state index is 12.7. The summed E-state index contributed by atoms with van der Waals surface area (Å²) in [7, 11) is 1.65. The Bertz CT molecular complexity index is 543. The van der Waals surface area contributed by atoms with E-state index in [0.29, 0.717) is 44.8 Å². The van der Waals surface area contributed by atoms with Crippen molar-refractivity contribution in [2.24, 2.45) is 22.7 Å². The monoisotopic (exact) mass is 440 g/mol. The molecule has 174 valence electrons. The molecular weight excluding hydrogens is 409 g/mol. The van der Waals surface area contributed by atoms with Crippen LogP contribution in [-0.4, -0.2) is 60.9 Å². The zero-order chi connectivity index (χ0) is 23.0. The van der Waals surface area contributed by atoms with E-state index in [-0.39, 0.29) is 18.8 Å². The third-order valence-electron chi connectivity index (χ3n) is 4.45. The number of unbranched alkanes of at least 4 members (excludes halogenated alkanes) is 1. The predicted octanol–water partition coefficient (Wildman–Crippen LogP) is 3.21. The molecule has 0 bridgehead atoms. The minimum atomic E-state index is -4.07. The zero-order valence-corrected chi connectivity index (χ0v) is 17.1. The number of aliphatic carboxylic acids is 2. The summed E-state index contributed by atoms with van der Waals surface area (Å²) in [4.78, 5) is 24.3. The minimum Gasteiger partial charge on any atom is -0.478 e. The van der Waals surface area contributed by atoms with Crippen LogP contribution in [0.2, 0.25) is 0 Å². The van der Waals surface area contributed by atoms with E-state index in [4.69, 9.17) is 25.5 Å². The summed E-state index contributed by atoms with van der Waals surface area (Å²) in [6.45, 7) is 1.39. The summed E-state index contributed by atoms with van der Waals surface area (Å²) >= 11 is 0. The van der Waals surface area contributed by atoms with E-state index in [2.05, 4.69) is 5.16 Å². The topological polar surface area (TPSA) is 131 Å². The van der Waals surface area contributed by atoms with Crippen molar-refractivity contribution in [2.45, 2.75) is 51.1 Å². The van der Waals surface area contributed by atoms with Gasteiger partial charge in [-0.2, -0.15) is 13.2 Å². The number of oxime groups is 1. The lowest BCUT2D eigenvalue weighted by Crippen LogP contribution is -2.30. The number of nitrogens with two attached hydrogens (primary N) is 1. The number of carboxylic acids is 2. The Morgan fingerprint density at radius 1 is 1.07 bits per heavy atom. The quantitative estimate of drug-likeness (QED) is 0.195. The SMILES string of the molecule is COCCCC/C(=N/OCCN)C1CCC(C(F)(F)F)CC1.O=C(O)/C=C/C(=O)O. The molecule has 0 radical (unpaired) electrons. The number of carbonyl (C=O) groups is 2. The van der Waals surface area contributed by atoms with Crippen molar-refractivity contribution in [3.8, 4) is 0 Å². The Kier molecular flexibility index (Phi) is 14.5. The van der Waals surface area contributed by atoms with Crippen molar-refractivity contribution >= 4 is 17.7 Å². The van der Waals surface area contributed by atoms with Crippen LogP contribution in [0.1, 0.15) is 44.9 Å². The van der Waals surface area contributed by atoms with Crippen LogP contribution in [0.3, 0.4) is 0 Å². The Balaban J connectivity index is 0.000000890. The van der Waals surface area contributed by atoms with Crippen LogP contribution in [0, 0.1) is 11.8 Å². The summed E-state index contributed by atoms with van der Waals surface area (Å²) in [6.07, 6.45) is 1.02. The highest BCUT2D eigenvalue weighted by Crippen LogP contribution is 2.40. The third kappa shape index (κ3) is 13.9. The standard InChI is InChI=1S/C15H27F3N2O2.C4H4O4/c1-21-10-3-2-4-14(20-22-11-9-19)12-5-7-13(8-6-12)15(16,17)18;5-3(6)1-2-4(7)8/h12-13H,2-11,19H2,1H3;1-2H,(H,5,6)(H,7,8)/b20-14-;2-1+. The average Bonchev–Trinajstić information content (AvgIpc) is 2.68. The summed E-state index contributed by atoms with van der Waals surface area (Å²) in [5, 5.41) is 19.8. The first-order chi connectivity index (χ1) is 14.1. The molecule has 11 heteroatoms. The lowest BCUT2D eigenvalue weighted by Gasteiger charge is -2.30. The van der Waals surface area contributed by atoms with Gasteiger partial charge in [0, 0.05) is 38.3 Å². The number of nitrogens with zero attached hydrogens (tertiary/aromatic N) is 1. The summed E-state index contributed by atoms with van der Waals surface area (Å²) in [5.74, 6) is -3.58. The highest BCUT2D eigenvalue weighted by atomic mass is 19.4. The number of hydrogen-bond acceptors (Lipinski definition) is 6. The second-order valence-corrected chi connectivity index (χ2v) is 6.75. The summed E-state index contributed by atoms with van der Waals surface area (Å²) in [5.41, 5.74) is 6.24. The van der Waals surface area contributed by atoms with Gasteiger partial charge in [-0.05, 0) is 44.9 Å². The molecule has 1 aliphatic carbocycles. The maximum Gasteiger partial charge on any atom is 0.391 e. The largest absolute Gasteiger partial charge is 0.478 e. The van der Waals surface area contributed by atoms with E-state index in [9.17, 15) is 22.8 Å². The molecule has 1 aliphatic rings. The number of ether oxygens (including phenoxy) is 1. The molecule has 0 heterocycles. The lowest BCUT2D eigenvalue weighted by atomic mass is 9.78. The number of rotatable bonds is 11. The van der Waals surface area contributed by atoms with Crippen molar-refractivity contribution in [2.75, 3.05) is 26.9 Å². The van der Waals surface area contributed by atoms with Crippen molar-refractivity contribution in [3.05, 3.63) is 12.2 Å². The molecular formula is C19H31F3N2O6. The van der Waals surface area contributed by atoms with Gasteiger partial charge < -0.3 is 25.5 Å². The van der Waals surface area contributed by atoms with Crippen LogP contribution >= 0.6 is 0 Å². The number of methoxy groups -OCH3 is 1. The number of carboxylic acid groups (broad SMARTS) is 2. The Labute approximate surface area is 173 Å². The molecule has 0 saturated heterocycles. The van der Waals surface area contributed by atoms with Gasteiger partial charge in [0.2, 0.25) is 0 Å². The first-order valence-electron chi connectivity index (χ1n) is 9.70. The second-order valence-electron chi connectivity index (χ2n) is 6.75. The fourth-order valence-corrected chi connectivity index (χ4v) is 2.95. The van der Waals surface area contributed by atoms with Crippen molar-refractivity contribution in [3.63, 3.8) is 0 Å². The molecule has 8 nitrogen and oxygen atoms in total. The molecule has 30 heavy (non-hydrogen) atoms. The summed E-state index contributed by atoms with van der Waals surface area (Å²) in [6, 6.07) is 0. The first kappa shape index (κ1) is 27.9. The van der Waals surface area contributed by atoms with Gasteiger partial charge in [0.15, 0.2) is 0 Å². The highest BCUT2D eigenvalue weighted by molar-refractivity contribution is 5.89. The van der Waals surface area contributed by atoms with Crippen LogP contribution < -0.4 is 5.73 Å². The van der Waals surface area contributed by atoms with Gasteiger partial charge in [0.25, 0.3) is 0 Å². The Morgan fingerprint density at radius 2 is 1.63 bits per heavy atom. The lowest BCUT2D eigenvalue weighted by molar-refractivity contribution is -0.182. The van der Waals surface area contributed by atoms with Crippen LogP contribution in [-0.2, 0) is 19.2 Å². The maximum atomic E-state index is 12.7. The van der Waals surface area contributed by atoms with Gasteiger partial charge in [0.05, 0.1) is 11.6 Å². The Morgan fingerprint density at radius 3 is 2.07 bits per heavy atom. The van der Waals surface area contributed by atoms with Crippen molar-refractivity contribution in [1.82, 2.24) is 0 Å². The van der Waals surface area contributed by atoms with Crippen LogP contribution in [0.25, 0.3) is 0 Å². The molecule has 0 aromatic carbocycles. The molecule has 0 unspecified atom stereocenters. The van der Waals surface area contributed by atoms with E-state index in [1.807, 2.05) is 0 Å². The predicted molar refractivity (Wildman–Crippen MR) is 104 cm³/mol. The van der Waals surface area contributed by atoms with Crippen molar-refractivity contribution < 1.29 is 42.5 Å².